The summed E-state index contributed by atoms with van der Waals surface area (Å²) >= 11 is 0. The van der Waals surface area contributed by atoms with E-state index in [1.54, 1.807) is 22.9 Å². The topological polar surface area (TPSA) is 106 Å². The monoisotopic (exact) mass is 427 g/mol. The molecule has 31 heavy (non-hydrogen) atoms. The first kappa shape index (κ1) is 23.7. The summed E-state index contributed by atoms with van der Waals surface area (Å²) in [6.45, 7) is 9.06. The maximum absolute atomic E-state index is 12.2. The predicted molar refractivity (Wildman–Crippen MR) is 118 cm³/mol. The van der Waals surface area contributed by atoms with Crippen LogP contribution in [0.5, 0.6) is 0 Å². The number of amides is 2. The highest BCUT2D eigenvalue weighted by molar-refractivity contribution is 5.96. The van der Waals surface area contributed by atoms with Gasteiger partial charge in [-0.05, 0) is 58.0 Å². The molecule has 2 N–H and O–H groups in total. The molecule has 0 fully saturated rings. The van der Waals surface area contributed by atoms with Crippen molar-refractivity contribution in [2.75, 3.05) is 24.6 Å². The van der Waals surface area contributed by atoms with Crippen LogP contribution >= 0.6 is 0 Å². The Kier molecular flexibility index (Phi) is 8.36. The first-order valence-electron chi connectivity index (χ1n) is 10.1. The molecule has 0 aliphatic heterocycles. The van der Waals surface area contributed by atoms with Crippen LogP contribution in [0.1, 0.15) is 41.2 Å². The van der Waals surface area contributed by atoms with E-state index < -0.39 is 24.4 Å². The van der Waals surface area contributed by atoms with E-state index in [2.05, 4.69) is 34.7 Å². The number of rotatable bonds is 8. The van der Waals surface area contributed by atoms with Crippen LogP contribution < -0.4 is 15.8 Å². The summed E-state index contributed by atoms with van der Waals surface area (Å²) in [7, 11) is 1.82. The van der Waals surface area contributed by atoms with Crippen LogP contribution in [0.15, 0.2) is 30.3 Å². The normalized spacial score (nSPS) is 10.7. The Labute approximate surface area is 182 Å². The lowest BCUT2D eigenvalue weighted by molar-refractivity contribution is -0.144. The molecule has 0 aliphatic carbocycles. The molecule has 1 aromatic carbocycles. The number of carbonyl (C=O) groups is 3. The molecule has 0 saturated carbocycles. The Morgan fingerprint density at radius 2 is 1.74 bits per heavy atom. The second-order valence-corrected chi connectivity index (χ2v) is 6.87. The van der Waals surface area contributed by atoms with E-state index in [0.717, 1.165) is 35.7 Å². The summed E-state index contributed by atoms with van der Waals surface area (Å²) in [5, 5.41) is 4.26. The molecule has 1 aromatic heterocycles. The fraction of sp³-hybridized carbons (Fsp3) is 0.364. The number of carbonyl (C=O) groups excluding carboxylic acids is 3. The molecule has 2 rings (SSSR count). The van der Waals surface area contributed by atoms with E-state index in [4.69, 9.17) is 4.74 Å². The zero-order valence-electron chi connectivity index (χ0n) is 18.6. The number of aromatic nitrogens is 2. The number of hydrogen-bond acceptors (Lipinski definition) is 6. The van der Waals surface area contributed by atoms with Gasteiger partial charge in [0, 0.05) is 48.7 Å². The number of ether oxygens (including phenoxy) is 1. The lowest BCUT2D eigenvalue weighted by Gasteiger charge is -2.21. The predicted octanol–water partition coefficient (Wildman–Crippen LogP) is 1.90. The molecule has 0 aliphatic rings. The van der Waals surface area contributed by atoms with Gasteiger partial charge in [-0.25, -0.2) is 4.79 Å². The molecule has 2 amide bonds. The zero-order valence-corrected chi connectivity index (χ0v) is 18.6. The minimum Gasteiger partial charge on any atom is -0.452 e. The maximum atomic E-state index is 12.2. The van der Waals surface area contributed by atoms with Crippen LogP contribution in [0, 0.1) is 13.8 Å². The second kappa shape index (κ2) is 11.0. The van der Waals surface area contributed by atoms with Crippen LogP contribution in [0.2, 0.25) is 0 Å². The highest BCUT2D eigenvalue weighted by atomic mass is 16.5. The Morgan fingerprint density at radius 1 is 1.10 bits per heavy atom. The van der Waals surface area contributed by atoms with Crippen molar-refractivity contribution in [2.45, 2.75) is 27.7 Å². The number of nitrogens with zero attached hydrogens (tertiary/aromatic N) is 3. The van der Waals surface area contributed by atoms with E-state index in [-0.39, 0.29) is 0 Å². The molecule has 9 nitrogen and oxygen atoms in total. The van der Waals surface area contributed by atoms with Crippen LogP contribution in [0.4, 0.5) is 5.69 Å². The van der Waals surface area contributed by atoms with Crippen molar-refractivity contribution in [2.24, 2.45) is 7.05 Å². The third-order valence-electron chi connectivity index (χ3n) is 4.87. The molecule has 0 atom stereocenters. The van der Waals surface area contributed by atoms with Gasteiger partial charge in [-0.3, -0.25) is 25.1 Å². The molecule has 166 valence electrons. The quantitative estimate of drug-likeness (QED) is 0.379. The van der Waals surface area contributed by atoms with E-state index in [1.165, 1.54) is 6.08 Å². The number of benzene rings is 1. The van der Waals surface area contributed by atoms with Crippen molar-refractivity contribution in [3.63, 3.8) is 0 Å². The lowest BCUT2D eigenvalue weighted by Crippen LogP contribution is -2.43. The van der Waals surface area contributed by atoms with Gasteiger partial charge in [0.15, 0.2) is 6.61 Å². The van der Waals surface area contributed by atoms with Gasteiger partial charge < -0.3 is 9.64 Å². The van der Waals surface area contributed by atoms with E-state index in [9.17, 15) is 14.4 Å². The van der Waals surface area contributed by atoms with Crippen molar-refractivity contribution in [1.29, 1.82) is 0 Å². The summed E-state index contributed by atoms with van der Waals surface area (Å²) in [4.78, 5) is 38.0. The molecule has 9 heteroatoms. The summed E-state index contributed by atoms with van der Waals surface area (Å²) < 4.78 is 6.61. The molecular formula is C22H29N5O4. The Morgan fingerprint density at radius 3 is 2.29 bits per heavy atom. The van der Waals surface area contributed by atoms with E-state index >= 15 is 0 Å². The Bertz CT molecular complexity index is 959. The third kappa shape index (κ3) is 6.43. The van der Waals surface area contributed by atoms with Gasteiger partial charge >= 0.3 is 5.97 Å². The molecule has 1 heterocycles. The van der Waals surface area contributed by atoms with Gasteiger partial charge in [0.25, 0.3) is 11.8 Å². The zero-order chi connectivity index (χ0) is 23.0. The molecule has 0 radical (unpaired) electrons. The summed E-state index contributed by atoms with van der Waals surface area (Å²) in [6, 6.07) is 7.07. The minimum absolute atomic E-state index is 0.401. The summed E-state index contributed by atoms with van der Waals surface area (Å²) in [6.07, 6.45) is 2.84. The van der Waals surface area contributed by atoms with Crippen molar-refractivity contribution in [3.05, 3.63) is 52.9 Å². The van der Waals surface area contributed by atoms with Gasteiger partial charge in [0.1, 0.15) is 0 Å². The number of esters is 1. The van der Waals surface area contributed by atoms with Crippen molar-refractivity contribution < 1.29 is 19.1 Å². The van der Waals surface area contributed by atoms with E-state index in [1.807, 2.05) is 33.0 Å². The minimum atomic E-state index is -0.670. The van der Waals surface area contributed by atoms with Crippen LogP contribution in [-0.4, -0.2) is 47.3 Å². The average molecular weight is 428 g/mol. The average Bonchev–Trinajstić information content (AvgIpc) is 3.01. The fourth-order valence-corrected chi connectivity index (χ4v) is 3.01. The molecule has 0 unspecified atom stereocenters. The summed E-state index contributed by atoms with van der Waals surface area (Å²) in [5.74, 6) is -1.78. The van der Waals surface area contributed by atoms with Gasteiger partial charge in [-0.1, -0.05) is 0 Å². The van der Waals surface area contributed by atoms with Crippen molar-refractivity contribution in [1.82, 2.24) is 20.6 Å². The second-order valence-electron chi connectivity index (χ2n) is 6.87. The Balaban J connectivity index is 1.79. The van der Waals surface area contributed by atoms with Crippen LogP contribution in [0.3, 0.4) is 0 Å². The first-order valence-corrected chi connectivity index (χ1v) is 10.1. The number of anilines is 1. The maximum Gasteiger partial charge on any atom is 0.331 e. The van der Waals surface area contributed by atoms with Crippen molar-refractivity contribution in [3.8, 4) is 0 Å². The van der Waals surface area contributed by atoms with Gasteiger partial charge in [0.05, 0.1) is 5.69 Å². The molecular weight excluding hydrogens is 398 g/mol. The highest BCUT2D eigenvalue weighted by Crippen LogP contribution is 2.15. The standard InChI is InChI=1S/C22H29N5O4/c1-6-27(7-2)18-10-8-17(9-11-18)22(30)24-23-20(28)14-31-21(29)13-12-19-15(3)25-26(5)16(19)4/h8-13H,6-7,14H2,1-5H3,(H,23,28)(H,24,30)/b13-12+. The molecule has 0 spiro atoms. The largest absolute Gasteiger partial charge is 0.452 e. The number of hydrazine groups is 1. The summed E-state index contributed by atoms with van der Waals surface area (Å²) in [5.41, 5.74) is 8.47. The van der Waals surface area contributed by atoms with Crippen molar-refractivity contribution >= 4 is 29.5 Å². The molecule has 0 saturated heterocycles. The van der Waals surface area contributed by atoms with Gasteiger partial charge in [-0.15, -0.1) is 0 Å². The Hall–Kier alpha value is -3.62. The van der Waals surface area contributed by atoms with Crippen LogP contribution in [0.25, 0.3) is 6.08 Å². The SMILES string of the molecule is CCN(CC)c1ccc(C(=O)NNC(=O)COC(=O)/C=C/c2c(C)nn(C)c2C)cc1. The fourth-order valence-electron chi connectivity index (χ4n) is 3.01. The van der Waals surface area contributed by atoms with Crippen LogP contribution in [-0.2, 0) is 21.4 Å². The number of aryl methyl sites for hydroxylation is 2. The third-order valence-corrected chi connectivity index (χ3v) is 4.87. The molecule has 0 bridgehead atoms. The smallest absolute Gasteiger partial charge is 0.331 e. The first-order chi connectivity index (χ1) is 14.8. The number of nitrogens with one attached hydrogen (secondary N) is 2. The van der Waals surface area contributed by atoms with E-state index in [0.29, 0.717) is 5.56 Å². The molecule has 2 aromatic rings. The number of hydrogen-bond donors (Lipinski definition) is 2. The van der Waals surface area contributed by atoms with Gasteiger partial charge in [-0.2, -0.15) is 5.10 Å². The highest BCUT2D eigenvalue weighted by Gasteiger charge is 2.11. The lowest BCUT2D eigenvalue weighted by atomic mass is 10.2. The van der Waals surface area contributed by atoms with Gasteiger partial charge in [0.2, 0.25) is 0 Å².